The molecule has 0 heterocycles. The average molecular weight is 369 g/mol. The summed E-state index contributed by atoms with van der Waals surface area (Å²) in [7, 11) is 1.23. The molecule has 0 saturated heterocycles. The number of hydrogen-bond donors (Lipinski definition) is 1. The molecule has 0 aliphatic carbocycles. The number of rotatable bonds is 8. The topological polar surface area (TPSA) is 98.8 Å². The van der Waals surface area contributed by atoms with Crippen LogP contribution in [0.3, 0.4) is 0 Å². The molecule has 1 atom stereocenters. The van der Waals surface area contributed by atoms with E-state index in [0.717, 1.165) is 5.56 Å². The molecule has 0 aromatic heterocycles. The van der Waals surface area contributed by atoms with Crippen LogP contribution in [-0.4, -0.2) is 43.9 Å². The third-order valence-electron chi connectivity index (χ3n) is 3.72. The monoisotopic (exact) mass is 369 g/mol. The van der Waals surface area contributed by atoms with Gasteiger partial charge in [0.1, 0.15) is 12.3 Å². The molecule has 0 aliphatic rings. The van der Waals surface area contributed by atoms with Crippen LogP contribution in [0.25, 0.3) is 0 Å². The summed E-state index contributed by atoms with van der Waals surface area (Å²) in [6.45, 7) is -0.545. The van der Waals surface area contributed by atoms with Crippen molar-refractivity contribution in [2.75, 3.05) is 13.7 Å². The highest BCUT2D eigenvalue weighted by Gasteiger charge is 2.22. The van der Waals surface area contributed by atoms with E-state index in [2.05, 4.69) is 5.32 Å². The molecule has 2 aromatic carbocycles. The maximum absolute atomic E-state index is 12.1. The fraction of sp³-hybridized carbons (Fsp3) is 0.200. The van der Waals surface area contributed by atoms with Crippen LogP contribution < -0.4 is 5.32 Å². The number of carbonyl (C=O) groups is 4. The first-order chi connectivity index (χ1) is 13.0. The standard InChI is InChI=1S/C20H19NO6/c1-26-20(25)17(11-14-5-3-2-4-6-14)21-18(23)13-27-19(24)16-9-7-15(12-22)8-10-16/h2-10,12,17H,11,13H2,1H3,(H,21,23)/t17-/m1/s1. The van der Waals surface area contributed by atoms with Gasteiger partial charge in [0, 0.05) is 12.0 Å². The predicted octanol–water partition coefficient (Wildman–Crippen LogP) is 1.56. The first-order valence-corrected chi connectivity index (χ1v) is 8.17. The number of carbonyl (C=O) groups excluding carboxylic acids is 4. The van der Waals surface area contributed by atoms with Gasteiger partial charge in [0.05, 0.1) is 12.7 Å². The van der Waals surface area contributed by atoms with Crippen LogP contribution in [0.5, 0.6) is 0 Å². The molecule has 2 aromatic rings. The van der Waals surface area contributed by atoms with Gasteiger partial charge in [-0.15, -0.1) is 0 Å². The Hall–Kier alpha value is -3.48. The Labute approximate surface area is 156 Å². The summed E-state index contributed by atoms with van der Waals surface area (Å²) in [5.41, 5.74) is 1.48. The molecule has 0 bridgehead atoms. The van der Waals surface area contributed by atoms with Gasteiger partial charge in [0.2, 0.25) is 0 Å². The van der Waals surface area contributed by atoms with Crippen molar-refractivity contribution >= 4 is 24.1 Å². The number of aldehydes is 1. The van der Waals surface area contributed by atoms with Crippen LogP contribution in [0, 0.1) is 0 Å². The van der Waals surface area contributed by atoms with Crippen molar-refractivity contribution in [1.29, 1.82) is 0 Å². The Balaban J connectivity index is 1.91. The molecule has 0 fully saturated rings. The zero-order chi connectivity index (χ0) is 19.6. The molecular weight excluding hydrogens is 350 g/mol. The minimum Gasteiger partial charge on any atom is -0.467 e. The Morgan fingerprint density at radius 3 is 2.30 bits per heavy atom. The molecule has 0 unspecified atom stereocenters. The van der Waals surface area contributed by atoms with E-state index in [1.807, 2.05) is 30.3 Å². The van der Waals surface area contributed by atoms with Crippen LogP contribution >= 0.6 is 0 Å². The second-order valence-corrected chi connectivity index (χ2v) is 5.65. The highest BCUT2D eigenvalue weighted by molar-refractivity contribution is 5.92. The lowest BCUT2D eigenvalue weighted by Gasteiger charge is -2.16. The third-order valence-corrected chi connectivity index (χ3v) is 3.72. The van der Waals surface area contributed by atoms with E-state index in [1.165, 1.54) is 31.4 Å². The molecule has 7 heteroatoms. The van der Waals surface area contributed by atoms with Crippen molar-refractivity contribution in [1.82, 2.24) is 5.32 Å². The van der Waals surface area contributed by atoms with E-state index in [0.29, 0.717) is 11.8 Å². The van der Waals surface area contributed by atoms with Crippen LogP contribution in [-0.2, 0) is 25.5 Å². The first-order valence-electron chi connectivity index (χ1n) is 8.17. The Morgan fingerprint density at radius 2 is 1.70 bits per heavy atom. The van der Waals surface area contributed by atoms with Gasteiger partial charge in [-0.25, -0.2) is 9.59 Å². The highest BCUT2D eigenvalue weighted by atomic mass is 16.5. The van der Waals surface area contributed by atoms with Crippen molar-refractivity contribution in [2.45, 2.75) is 12.5 Å². The molecular formula is C20H19NO6. The normalized spacial score (nSPS) is 11.1. The second kappa shape index (κ2) is 9.86. The van der Waals surface area contributed by atoms with Crippen molar-refractivity contribution in [2.24, 2.45) is 0 Å². The van der Waals surface area contributed by atoms with Crippen molar-refractivity contribution in [3.05, 3.63) is 71.3 Å². The number of nitrogens with one attached hydrogen (secondary N) is 1. The summed E-state index contributed by atoms with van der Waals surface area (Å²) < 4.78 is 9.65. The molecule has 0 aliphatic heterocycles. The summed E-state index contributed by atoms with van der Waals surface area (Å²) in [5.74, 6) is -1.93. The van der Waals surface area contributed by atoms with E-state index in [9.17, 15) is 19.2 Å². The summed E-state index contributed by atoms with van der Waals surface area (Å²) in [6, 6.07) is 14.0. The van der Waals surface area contributed by atoms with Gasteiger partial charge in [0.15, 0.2) is 6.61 Å². The Bertz CT molecular complexity index is 801. The van der Waals surface area contributed by atoms with Gasteiger partial charge in [-0.2, -0.15) is 0 Å². The summed E-state index contributed by atoms with van der Waals surface area (Å²) in [4.78, 5) is 46.5. The minimum absolute atomic E-state index is 0.210. The molecule has 0 saturated carbocycles. The van der Waals surface area contributed by atoms with E-state index < -0.39 is 30.5 Å². The fourth-order valence-corrected chi connectivity index (χ4v) is 2.33. The summed E-state index contributed by atoms with van der Waals surface area (Å²) in [6.07, 6.45) is 0.905. The van der Waals surface area contributed by atoms with Gasteiger partial charge >= 0.3 is 11.9 Å². The predicted molar refractivity (Wildman–Crippen MR) is 96.2 cm³/mol. The number of methoxy groups -OCH3 is 1. The Kier molecular flexibility index (Phi) is 7.25. The van der Waals surface area contributed by atoms with Crippen LogP contribution in [0.15, 0.2) is 54.6 Å². The number of esters is 2. The lowest BCUT2D eigenvalue weighted by Crippen LogP contribution is -2.44. The molecule has 140 valence electrons. The number of ether oxygens (including phenoxy) is 2. The lowest BCUT2D eigenvalue weighted by atomic mass is 10.1. The summed E-state index contributed by atoms with van der Waals surface area (Å²) in [5, 5.41) is 2.50. The maximum Gasteiger partial charge on any atom is 0.338 e. The first kappa shape index (κ1) is 19.8. The molecule has 0 radical (unpaired) electrons. The number of hydrogen-bond acceptors (Lipinski definition) is 6. The van der Waals surface area contributed by atoms with E-state index in [4.69, 9.17) is 9.47 Å². The second-order valence-electron chi connectivity index (χ2n) is 5.65. The molecule has 0 spiro atoms. The molecule has 7 nitrogen and oxygen atoms in total. The van der Waals surface area contributed by atoms with Gasteiger partial charge in [0.25, 0.3) is 5.91 Å². The van der Waals surface area contributed by atoms with Crippen molar-refractivity contribution < 1.29 is 28.7 Å². The van der Waals surface area contributed by atoms with Crippen LogP contribution in [0.2, 0.25) is 0 Å². The maximum atomic E-state index is 12.1. The lowest BCUT2D eigenvalue weighted by molar-refractivity contribution is -0.145. The van der Waals surface area contributed by atoms with E-state index >= 15 is 0 Å². The molecule has 2 rings (SSSR count). The minimum atomic E-state index is -0.893. The smallest absolute Gasteiger partial charge is 0.338 e. The van der Waals surface area contributed by atoms with Gasteiger partial charge in [-0.1, -0.05) is 42.5 Å². The van der Waals surface area contributed by atoms with Crippen molar-refractivity contribution in [3.63, 3.8) is 0 Å². The average Bonchev–Trinajstić information content (AvgIpc) is 2.71. The van der Waals surface area contributed by atoms with E-state index in [-0.39, 0.29) is 12.0 Å². The van der Waals surface area contributed by atoms with E-state index in [1.54, 1.807) is 0 Å². The molecule has 27 heavy (non-hydrogen) atoms. The van der Waals surface area contributed by atoms with Crippen LogP contribution in [0.4, 0.5) is 0 Å². The summed E-state index contributed by atoms with van der Waals surface area (Å²) >= 11 is 0. The van der Waals surface area contributed by atoms with Crippen LogP contribution in [0.1, 0.15) is 26.3 Å². The quantitative estimate of drug-likeness (QED) is 0.560. The number of benzene rings is 2. The molecule has 1 amide bonds. The molecule has 1 N–H and O–H groups in total. The number of amides is 1. The zero-order valence-corrected chi connectivity index (χ0v) is 14.7. The highest BCUT2D eigenvalue weighted by Crippen LogP contribution is 2.06. The third kappa shape index (κ3) is 6.07. The largest absolute Gasteiger partial charge is 0.467 e. The van der Waals surface area contributed by atoms with Crippen molar-refractivity contribution in [3.8, 4) is 0 Å². The zero-order valence-electron chi connectivity index (χ0n) is 14.7. The Morgan fingerprint density at radius 1 is 1.04 bits per heavy atom. The van der Waals surface area contributed by atoms with Gasteiger partial charge < -0.3 is 14.8 Å². The fourth-order valence-electron chi connectivity index (χ4n) is 2.33. The SMILES string of the molecule is COC(=O)[C@@H](Cc1ccccc1)NC(=O)COC(=O)c1ccc(C=O)cc1. The van der Waals surface area contributed by atoms with Gasteiger partial charge in [-0.05, 0) is 17.7 Å². The van der Waals surface area contributed by atoms with Gasteiger partial charge in [-0.3, -0.25) is 9.59 Å².